The molecule has 0 atom stereocenters. The lowest BCUT2D eigenvalue weighted by Gasteiger charge is -2.21. The zero-order valence-corrected chi connectivity index (χ0v) is 21.6. The topological polar surface area (TPSA) is 124 Å². The molecule has 0 aliphatic heterocycles. The molecule has 1 aliphatic rings. The van der Waals surface area contributed by atoms with Crippen molar-refractivity contribution in [2.45, 2.75) is 59.4 Å². The summed E-state index contributed by atoms with van der Waals surface area (Å²) in [5.41, 5.74) is 8.55. The number of hydrogen-bond donors (Lipinski definition) is 2. The van der Waals surface area contributed by atoms with Crippen LogP contribution >= 0.6 is 0 Å². The van der Waals surface area contributed by atoms with E-state index in [2.05, 4.69) is 37.2 Å². The highest BCUT2D eigenvalue weighted by atomic mass is 16.6. The molecule has 0 spiro atoms. The van der Waals surface area contributed by atoms with E-state index in [9.17, 15) is 4.79 Å². The van der Waals surface area contributed by atoms with Gasteiger partial charge in [-0.3, -0.25) is 4.79 Å². The second-order valence-corrected chi connectivity index (χ2v) is 9.05. The van der Waals surface area contributed by atoms with Crippen LogP contribution in [0.2, 0.25) is 0 Å². The SMILES string of the molecule is CCO/N=C(/C)c1c(C)c2cnc(Nc3cnc(N(CC)CCN)cn3)cc2n(C2CCCC2)c1=O. The van der Waals surface area contributed by atoms with Gasteiger partial charge in [0.05, 0.1) is 29.2 Å². The van der Waals surface area contributed by atoms with Crippen LogP contribution in [-0.2, 0) is 4.84 Å². The predicted molar refractivity (Wildman–Crippen MR) is 144 cm³/mol. The molecule has 0 bridgehead atoms. The molecule has 1 saturated carbocycles. The van der Waals surface area contributed by atoms with E-state index < -0.39 is 0 Å². The van der Waals surface area contributed by atoms with Crippen LogP contribution < -0.4 is 21.5 Å². The Hall–Kier alpha value is -3.53. The number of rotatable bonds is 10. The van der Waals surface area contributed by atoms with Crippen molar-refractivity contribution in [1.29, 1.82) is 0 Å². The van der Waals surface area contributed by atoms with E-state index in [0.29, 0.717) is 36.1 Å². The summed E-state index contributed by atoms with van der Waals surface area (Å²) in [6, 6.07) is 2.08. The monoisotopic (exact) mass is 492 g/mol. The van der Waals surface area contributed by atoms with Crippen molar-refractivity contribution in [1.82, 2.24) is 19.5 Å². The summed E-state index contributed by atoms with van der Waals surface area (Å²) in [6.07, 6.45) is 9.43. The molecule has 10 heteroatoms. The molecule has 36 heavy (non-hydrogen) atoms. The molecule has 3 N–H and O–H groups in total. The number of hydrogen-bond acceptors (Lipinski definition) is 9. The van der Waals surface area contributed by atoms with Crippen LogP contribution in [0.1, 0.15) is 63.6 Å². The highest BCUT2D eigenvalue weighted by Gasteiger charge is 2.25. The van der Waals surface area contributed by atoms with Crippen LogP contribution in [0.4, 0.5) is 17.5 Å². The lowest BCUT2D eigenvalue weighted by atomic mass is 10.0. The maximum atomic E-state index is 13.8. The first-order valence-electron chi connectivity index (χ1n) is 12.7. The largest absolute Gasteiger partial charge is 0.396 e. The van der Waals surface area contributed by atoms with Crippen LogP contribution in [0, 0.1) is 6.92 Å². The molecule has 0 aromatic carbocycles. The Kier molecular flexibility index (Phi) is 8.14. The molecule has 3 heterocycles. The zero-order valence-electron chi connectivity index (χ0n) is 21.6. The van der Waals surface area contributed by atoms with Crippen LogP contribution in [0.5, 0.6) is 0 Å². The van der Waals surface area contributed by atoms with Gasteiger partial charge in [0.15, 0.2) is 0 Å². The van der Waals surface area contributed by atoms with Gasteiger partial charge in [-0.2, -0.15) is 0 Å². The molecule has 10 nitrogen and oxygen atoms in total. The average Bonchev–Trinajstić information content (AvgIpc) is 3.41. The summed E-state index contributed by atoms with van der Waals surface area (Å²) in [5.74, 6) is 1.97. The van der Waals surface area contributed by atoms with E-state index in [1.807, 2.05) is 37.6 Å². The van der Waals surface area contributed by atoms with Crippen molar-refractivity contribution >= 4 is 34.1 Å². The summed E-state index contributed by atoms with van der Waals surface area (Å²) in [7, 11) is 0. The Morgan fingerprint density at radius 2 is 1.94 bits per heavy atom. The molecule has 0 amide bonds. The number of anilines is 3. The molecule has 1 aliphatic carbocycles. The maximum Gasteiger partial charge on any atom is 0.260 e. The Morgan fingerprint density at radius 3 is 2.58 bits per heavy atom. The van der Waals surface area contributed by atoms with Gasteiger partial charge in [-0.25, -0.2) is 15.0 Å². The fraction of sp³-hybridized carbons (Fsp3) is 0.500. The lowest BCUT2D eigenvalue weighted by Crippen LogP contribution is -2.30. The fourth-order valence-electron chi connectivity index (χ4n) is 4.96. The normalized spacial score (nSPS) is 14.4. The number of fused-ring (bicyclic) bond motifs is 1. The third-order valence-electron chi connectivity index (χ3n) is 6.73. The van der Waals surface area contributed by atoms with Crippen LogP contribution in [0.15, 0.2) is 34.6 Å². The summed E-state index contributed by atoms with van der Waals surface area (Å²) >= 11 is 0. The summed E-state index contributed by atoms with van der Waals surface area (Å²) in [4.78, 5) is 34.8. The van der Waals surface area contributed by atoms with Gasteiger partial charge in [0.2, 0.25) is 0 Å². The maximum absolute atomic E-state index is 13.8. The number of aryl methyl sites for hydroxylation is 1. The van der Waals surface area contributed by atoms with Crippen molar-refractivity contribution in [3.8, 4) is 0 Å². The molecule has 4 rings (SSSR count). The molecule has 0 radical (unpaired) electrons. The first-order valence-corrected chi connectivity index (χ1v) is 12.7. The van der Waals surface area contributed by atoms with Crippen molar-refractivity contribution in [2.75, 3.05) is 36.5 Å². The molecule has 192 valence electrons. The van der Waals surface area contributed by atoms with Gasteiger partial charge in [-0.15, -0.1) is 0 Å². The fourth-order valence-corrected chi connectivity index (χ4v) is 4.96. The number of likely N-dealkylation sites (N-methyl/N-ethyl adjacent to an activating group) is 1. The van der Waals surface area contributed by atoms with E-state index in [0.717, 1.165) is 61.1 Å². The first-order chi connectivity index (χ1) is 17.5. The molecule has 3 aromatic heterocycles. The Balaban J connectivity index is 1.75. The molecule has 0 saturated heterocycles. The smallest absolute Gasteiger partial charge is 0.260 e. The van der Waals surface area contributed by atoms with Crippen LogP contribution in [0.25, 0.3) is 10.9 Å². The Labute approximate surface area is 211 Å². The summed E-state index contributed by atoms with van der Waals surface area (Å²) < 4.78 is 1.93. The molecule has 1 fully saturated rings. The van der Waals surface area contributed by atoms with Gasteiger partial charge in [0.25, 0.3) is 5.56 Å². The number of pyridine rings is 2. The highest BCUT2D eigenvalue weighted by molar-refractivity contribution is 6.03. The quantitative estimate of drug-likeness (QED) is 0.323. The minimum absolute atomic E-state index is 0.0336. The van der Waals surface area contributed by atoms with E-state index >= 15 is 0 Å². The van der Waals surface area contributed by atoms with Gasteiger partial charge in [0.1, 0.15) is 24.1 Å². The van der Waals surface area contributed by atoms with Gasteiger partial charge in [-0.1, -0.05) is 18.0 Å². The Morgan fingerprint density at radius 1 is 1.19 bits per heavy atom. The molecule has 3 aromatic rings. The number of nitrogens with two attached hydrogens (primary N) is 1. The third kappa shape index (κ3) is 5.18. The minimum Gasteiger partial charge on any atom is -0.396 e. The van der Waals surface area contributed by atoms with Crippen molar-refractivity contribution in [3.05, 3.63) is 46.1 Å². The van der Waals surface area contributed by atoms with Crippen LogP contribution in [0.3, 0.4) is 0 Å². The van der Waals surface area contributed by atoms with Crippen LogP contribution in [-0.4, -0.2) is 51.5 Å². The summed E-state index contributed by atoms with van der Waals surface area (Å²) in [5, 5.41) is 8.34. The van der Waals surface area contributed by atoms with Gasteiger partial charge >= 0.3 is 0 Å². The number of nitrogens with one attached hydrogen (secondary N) is 1. The van der Waals surface area contributed by atoms with Gasteiger partial charge in [-0.05, 0) is 46.1 Å². The van der Waals surface area contributed by atoms with Gasteiger partial charge < -0.3 is 25.4 Å². The lowest BCUT2D eigenvalue weighted by molar-refractivity contribution is 0.159. The zero-order chi connectivity index (χ0) is 25.7. The van der Waals surface area contributed by atoms with E-state index in [1.54, 1.807) is 12.4 Å². The molecular formula is C26H36N8O2. The third-order valence-corrected chi connectivity index (χ3v) is 6.73. The number of aromatic nitrogens is 4. The highest BCUT2D eigenvalue weighted by Crippen LogP contribution is 2.33. The molecule has 0 unspecified atom stereocenters. The van der Waals surface area contributed by atoms with Crippen molar-refractivity contribution in [2.24, 2.45) is 10.9 Å². The van der Waals surface area contributed by atoms with Crippen molar-refractivity contribution in [3.63, 3.8) is 0 Å². The second kappa shape index (κ2) is 11.5. The predicted octanol–water partition coefficient (Wildman–Crippen LogP) is 3.90. The summed E-state index contributed by atoms with van der Waals surface area (Å²) in [6.45, 7) is 10.2. The average molecular weight is 493 g/mol. The number of nitrogens with zero attached hydrogens (tertiary/aromatic N) is 6. The number of oxime groups is 1. The molecular weight excluding hydrogens is 456 g/mol. The second-order valence-electron chi connectivity index (χ2n) is 9.05. The van der Waals surface area contributed by atoms with Gasteiger partial charge in [0, 0.05) is 43.3 Å². The van der Waals surface area contributed by atoms with E-state index in [4.69, 9.17) is 10.6 Å². The van der Waals surface area contributed by atoms with Crippen molar-refractivity contribution < 1.29 is 4.84 Å². The van der Waals surface area contributed by atoms with E-state index in [-0.39, 0.29) is 11.6 Å². The minimum atomic E-state index is -0.0336. The first kappa shape index (κ1) is 25.6. The Bertz CT molecular complexity index is 1280. The standard InChI is InChI=1S/C26H36N8O2/c1-5-33(12-11-27)24-16-29-23(15-30-24)31-22-13-21-20(14-28-22)17(3)25(18(4)32-36-6-2)26(35)34(21)19-9-7-8-10-19/h13-16,19H,5-12,27H2,1-4H3,(H,28,29,31)/b32-18-. The van der Waals surface area contributed by atoms with E-state index in [1.165, 1.54) is 0 Å².